The van der Waals surface area contributed by atoms with Crippen LogP contribution in [0.1, 0.15) is 11.1 Å². The van der Waals surface area contributed by atoms with Gasteiger partial charge in [0.2, 0.25) is 0 Å². The van der Waals surface area contributed by atoms with Crippen molar-refractivity contribution in [2.24, 2.45) is 0 Å². The highest BCUT2D eigenvalue weighted by molar-refractivity contribution is 6.04. The van der Waals surface area contributed by atoms with Crippen molar-refractivity contribution in [1.29, 1.82) is 0 Å². The molecule has 1 heterocycles. The number of anilines is 2. The average Bonchev–Trinajstić information content (AvgIpc) is 2.97. The third kappa shape index (κ3) is 3.66. The molecule has 0 aliphatic carbocycles. The number of benzene rings is 5. The first-order valence-corrected chi connectivity index (χ1v) is 11.3. The second-order valence-corrected chi connectivity index (χ2v) is 8.37. The zero-order chi connectivity index (χ0) is 22.0. The van der Waals surface area contributed by atoms with Gasteiger partial charge in [-0.2, -0.15) is 0 Å². The SMILES string of the molecule is C1=C\c2c(ccc3c(-c4ccccc4)cccc23)Nc2ccc(-c3ccccc3)cc2CN/1. The molecule has 2 nitrogen and oxygen atoms in total. The minimum atomic E-state index is 0.765. The van der Waals surface area contributed by atoms with Gasteiger partial charge in [-0.05, 0) is 69.1 Å². The lowest BCUT2D eigenvalue weighted by molar-refractivity contribution is 0.877. The maximum absolute atomic E-state index is 3.72. The topological polar surface area (TPSA) is 24.1 Å². The Balaban J connectivity index is 1.46. The Morgan fingerprint density at radius 3 is 2.12 bits per heavy atom. The molecule has 33 heavy (non-hydrogen) atoms. The highest BCUT2D eigenvalue weighted by atomic mass is 14.9. The van der Waals surface area contributed by atoms with Gasteiger partial charge in [-0.3, -0.25) is 0 Å². The van der Waals surface area contributed by atoms with Gasteiger partial charge in [0.1, 0.15) is 0 Å². The summed E-state index contributed by atoms with van der Waals surface area (Å²) in [5, 5.41) is 9.71. The smallest absolute Gasteiger partial charge is 0.0464 e. The van der Waals surface area contributed by atoms with Gasteiger partial charge in [0.25, 0.3) is 0 Å². The van der Waals surface area contributed by atoms with Crippen LogP contribution in [0.3, 0.4) is 0 Å². The fraction of sp³-hybridized carbons (Fsp3) is 0.0323. The third-order valence-corrected chi connectivity index (χ3v) is 6.33. The van der Waals surface area contributed by atoms with Gasteiger partial charge in [-0.25, -0.2) is 0 Å². The van der Waals surface area contributed by atoms with Crippen LogP contribution in [-0.4, -0.2) is 0 Å². The molecule has 0 unspecified atom stereocenters. The van der Waals surface area contributed by atoms with E-state index in [0.29, 0.717) is 0 Å². The monoisotopic (exact) mass is 424 g/mol. The summed E-state index contributed by atoms with van der Waals surface area (Å²) in [5.41, 5.74) is 9.63. The standard InChI is InChI=1S/C31H24N2/c1-3-8-22(9-4-1)24-14-16-30-25(20-24)21-32-19-18-29-27-13-7-12-26(23-10-5-2-6-11-23)28(27)15-17-31(29)33-30/h1-20,32-33H,21H2/b19-18-. The van der Waals surface area contributed by atoms with E-state index in [1.807, 2.05) is 0 Å². The highest BCUT2D eigenvalue weighted by Crippen LogP contribution is 2.37. The number of rotatable bonds is 2. The van der Waals surface area contributed by atoms with Crippen LogP contribution in [0.4, 0.5) is 11.4 Å². The average molecular weight is 425 g/mol. The molecule has 0 aromatic heterocycles. The van der Waals surface area contributed by atoms with Crippen LogP contribution < -0.4 is 10.6 Å². The van der Waals surface area contributed by atoms with E-state index in [1.54, 1.807) is 0 Å². The van der Waals surface area contributed by atoms with Crippen LogP contribution in [0.5, 0.6) is 0 Å². The molecule has 0 saturated carbocycles. The maximum Gasteiger partial charge on any atom is 0.0464 e. The van der Waals surface area contributed by atoms with E-state index in [9.17, 15) is 0 Å². The summed E-state index contributed by atoms with van der Waals surface area (Å²) in [6, 6.07) is 38.8. The van der Waals surface area contributed by atoms with Crippen LogP contribution >= 0.6 is 0 Å². The Bertz CT molecular complexity index is 1470. The van der Waals surface area contributed by atoms with Crippen LogP contribution in [0.25, 0.3) is 39.1 Å². The second-order valence-electron chi connectivity index (χ2n) is 8.37. The molecular formula is C31H24N2. The van der Waals surface area contributed by atoms with Crippen molar-refractivity contribution in [1.82, 2.24) is 5.32 Å². The number of nitrogens with one attached hydrogen (secondary N) is 2. The zero-order valence-corrected chi connectivity index (χ0v) is 18.3. The summed E-state index contributed by atoms with van der Waals surface area (Å²) < 4.78 is 0. The van der Waals surface area contributed by atoms with Crippen molar-refractivity contribution in [2.45, 2.75) is 6.54 Å². The Morgan fingerprint density at radius 2 is 1.30 bits per heavy atom. The zero-order valence-electron chi connectivity index (χ0n) is 18.3. The minimum Gasteiger partial charge on any atom is -0.387 e. The van der Waals surface area contributed by atoms with Gasteiger partial charge >= 0.3 is 0 Å². The molecule has 0 bridgehead atoms. The lowest BCUT2D eigenvalue weighted by Gasteiger charge is -2.17. The van der Waals surface area contributed by atoms with Gasteiger partial charge in [0.05, 0.1) is 0 Å². The molecule has 0 amide bonds. The summed E-state index contributed by atoms with van der Waals surface area (Å²) in [6.07, 6.45) is 4.25. The van der Waals surface area contributed by atoms with E-state index >= 15 is 0 Å². The quantitative estimate of drug-likeness (QED) is 0.300. The molecule has 1 aliphatic heterocycles. The molecule has 0 spiro atoms. The highest BCUT2D eigenvalue weighted by Gasteiger charge is 2.13. The molecule has 0 radical (unpaired) electrons. The van der Waals surface area contributed by atoms with Gasteiger partial charge in [-0.15, -0.1) is 0 Å². The number of hydrogen-bond donors (Lipinski definition) is 2. The normalized spacial score (nSPS) is 13.5. The number of hydrogen-bond acceptors (Lipinski definition) is 2. The molecule has 0 fully saturated rings. The molecule has 1 aliphatic rings. The second kappa shape index (κ2) is 8.33. The molecule has 5 aromatic rings. The van der Waals surface area contributed by atoms with Crippen molar-refractivity contribution in [2.75, 3.05) is 5.32 Å². The fourth-order valence-electron chi connectivity index (χ4n) is 4.67. The number of fused-ring (bicyclic) bond motifs is 4. The van der Waals surface area contributed by atoms with E-state index in [-0.39, 0.29) is 0 Å². The Hall–Kier alpha value is -4.30. The van der Waals surface area contributed by atoms with Crippen molar-refractivity contribution < 1.29 is 0 Å². The predicted octanol–water partition coefficient (Wildman–Crippen LogP) is 7.99. The van der Waals surface area contributed by atoms with Crippen molar-refractivity contribution in [3.63, 3.8) is 0 Å². The van der Waals surface area contributed by atoms with Crippen molar-refractivity contribution in [3.8, 4) is 22.3 Å². The Kier molecular flexibility index (Phi) is 4.89. The molecule has 6 rings (SSSR count). The van der Waals surface area contributed by atoms with Crippen LogP contribution in [0, 0.1) is 0 Å². The van der Waals surface area contributed by atoms with Crippen LogP contribution in [0.15, 0.2) is 115 Å². The minimum absolute atomic E-state index is 0.765. The van der Waals surface area contributed by atoms with Gasteiger partial charge < -0.3 is 10.6 Å². The summed E-state index contributed by atoms with van der Waals surface area (Å²) in [7, 11) is 0. The first kappa shape index (κ1) is 19.4. The van der Waals surface area contributed by atoms with E-state index in [2.05, 4.69) is 132 Å². The molecule has 0 saturated heterocycles. The molecule has 2 N–H and O–H groups in total. The predicted molar refractivity (Wildman–Crippen MR) is 140 cm³/mol. The first-order chi connectivity index (χ1) is 16.4. The molecule has 5 aromatic carbocycles. The summed E-state index contributed by atoms with van der Waals surface area (Å²) in [6.45, 7) is 0.765. The Labute approximate surface area is 194 Å². The van der Waals surface area contributed by atoms with Gasteiger partial charge in [0.15, 0.2) is 0 Å². The van der Waals surface area contributed by atoms with Gasteiger partial charge in [-0.1, -0.05) is 91.0 Å². The molecule has 0 atom stereocenters. The first-order valence-electron chi connectivity index (χ1n) is 11.3. The van der Waals surface area contributed by atoms with Crippen molar-refractivity contribution >= 4 is 28.2 Å². The van der Waals surface area contributed by atoms with Gasteiger partial charge in [0, 0.05) is 23.5 Å². The lowest BCUT2D eigenvalue weighted by atomic mass is 9.94. The molecule has 2 heteroatoms. The Morgan fingerprint density at radius 1 is 0.545 bits per heavy atom. The van der Waals surface area contributed by atoms with E-state index < -0.39 is 0 Å². The fourth-order valence-corrected chi connectivity index (χ4v) is 4.67. The van der Waals surface area contributed by atoms with Crippen LogP contribution in [-0.2, 0) is 6.54 Å². The van der Waals surface area contributed by atoms with Crippen LogP contribution in [0.2, 0.25) is 0 Å². The van der Waals surface area contributed by atoms with E-state index in [0.717, 1.165) is 17.9 Å². The van der Waals surface area contributed by atoms with E-state index in [4.69, 9.17) is 0 Å². The third-order valence-electron chi connectivity index (χ3n) is 6.33. The summed E-state index contributed by atoms with van der Waals surface area (Å²) in [5.74, 6) is 0. The van der Waals surface area contributed by atoms with E-state index in [1.165, 1.54) is 44.2 Å². The molecule has 158 valence electrons. The lowest BCUT2D eigenvalue weighted by Crippen LogP contribution is -2.06. The summed E-state index contributed by atoms with van der Waals surface area (Å²) in [4.78, 5) is 0. The van der Waals surface area contributed by atoms with Crippen molar-refractivity contribution in [3.05, 3.63) is 127 Å². The molecular weight excluding hydrogens is 400 g/mol. The summed E-state index contributed by atoms with van der Waals surface area (Å²) >= 11 is 0. The largest absolute Gasteiger partial charge is 0.387 e. The maximum atomic E-state index is 3.72.